The number of rotatable bonds is 3. The number of pyridine rings is 1. The van der Waals surface area contributed by atoms with Crippen LogP contribution in [0.1, 0.15) is 17.7 Å². The van der Waals surface area contributed by atoms with Gasteiger partial charge in [-0.15, -0.1) is 0 Å². The molecule has 2 heterocycles. The van der Waals surface area contributed by atoms with Crippen molar-refractivity contribution in [1.29, 1.82) is 0 Å². The van der Waals surface area contributed by atoms with Gasteiger partial charge < -0.3 is 4.90 Å². The molecule has 1 aromatic heterocycles. The van der Waals surface area contributed by atoms with Gasteiger partial charge in [0, 0.05) is 25.5 Å². The summed E-state index contributed by atoms with van der Waals surface area (Å²) in [4.78, 5) is 17.9. The highest BCUT2D eigenvalue weighted by atomic mass is 32.2. The maximum absolute atomic E-state index is 12.2. The Hall–Kier alpha value is -1.43. The predicted molar refractivity (Wildman–Crippen MR) is 72.2 cm³/mol. The van der Waals surface area contributed by atoms with Gasteiger partial charge >= 0.3 is 0 Å². The molecule has 0 saturated carbocycles. The highest BCUT2D eigenvalue weighted by Gasteiger charge is 2.34. The molecule has 1 aromatic rings. The third-order valence-electron chi connectivity index (χ3n) is 3.34. The van der Waals surface area contributed by atoms with Crippen LogP contribution in [0.3, 0.4) is 0 Å². The lowest BCUT2D eigenvalue weighted by molar-refractivity contribution is -0.133. The predicted octanol–water partition coefficient (Wildman–Crippen LogP) is 0.783. The van der Waals surface area contributed by atoms with Gasteiger partial charge in [-0.25, -0.2) is 8.42 Å². The zero-order chi connectivity index (χ0) is 14.0. The van der Waals surface area contributed by atoms with E-state index in [0.717, 1.165) is 11.3 Å². The van der Waals surface area contributed by atoms with Crippen molar-refractivity contribution in [3.8, 4) is 0 Å². The maximum atomic E-state index is 12.2. The van der Waals surface area contributed by atoms with Crippen molar-refractivity contribution in [3.63, 3.8) is 0 Å². The van der Waals surface area contributed by atoms with Gasteiger partial charge in [-0.2, -0.15) is 0 Å². The zero-order valence-electron chi connectivity index (χ0n) is 11.2. The molecule has 1 atom stereocenters. The van der Waals surface area contributed by atoms with Gasteiger partial charge in [0.05, 0.1) is 17.4 Å². The average Bonchev–Trinajstić information content (AvgIpc) is 2.68. The van der Waals surface area contributed by atoms with E-state index in [-0.39, 0.29) is 23.3 Å². The Morgan fingerprint density at radius 3 is 2.84 bits per heavy atom. The van der Waals surface area contributed by atoms with Crippen molar-refractivity contribution >= 4 is 15.7 Å². The number of hydrogen-bond acceptors (Lipinski definition) is 4. The molecule has 19 heavy (non-hydrogen) atoms. The van der Waals surface area contributed by atoms with Gasteiger partial charge in [0.15, 0.2) is 9.84 Å². The van der Waals surface area contributed by atoms with Crippen LogP contribution in [0.4, 0.5) is 0 Å². The van der Waals surface area contributed by atoms with Gasteiger partial charge in [-0.3, -0.25) is 9.78 Å². The second-order valence-electron chi connectivity index (χ2n) is 5.10. The molecule has 2 rings (SSSR count). The van der Waals surface area contributed by atoms with Crippen LogP contribution in [0.15, 0.2) is 18.3 Å². The largest absolute Gasteiger partial charge is 0.341 e. The summed E-state index contributed by atoms with van der Waals surface area (Å²) >= 11 is 0. The van der Waals surface area contributed by atoms with Crippen molar-refractivity contribution < 1.29 is 13.2 Å². The van der Waals surface area contributed by atoms with E-state index in [0.29, 0.717) is 13.0 Å². The fourth-order valence-electron chi connectivity index (χ4n) is 2.36. The van der Waals surface area contributed by atoms with Crippen LogP contribution < -0.4 is 0 Å². The van der Waals surface area contributed by atoms with Crippen molar-refractivity contribution in [1.82, 2.24) is 9.88 Å². The van der Waals surface area contributed by atoms with Crippen LogP contribution in [-0.4, -0.2) is 42.8 Å². The van der Waals surface area contributed by atoms with Crippen molar-refractivity contribution in [2.75, 3.05) is 18.6 Å². The van der Waals surface area contributed by atoms with Crippen molar-refractivity contribution in [2.45, 2.75) is 19.9 Å². The second-order valence-corrected chi connectivity index (χ2v) is 7.33. The molecule has 0 N–H and O–H groups in total. The third kappa shape index (κ3) is 3.53. The molecule has 0 bridgehead atoms. The molecular formula is C13H18N2O3S. The Bertz CT molecular complexity index is 583. The van der Waals surface area contributed by atoms with Gasteiger partial charge in [0.2, 0.25) is 5.91 Å². The molecular weight excluding hydrogens is 264 g/mol. The number of carbonyl (C=O) groups excluding carboxylic acids is 1. The minimum Gasteiger partial charge on any atom is -0.341 e. The summed E-state index contributed by atoms with van der Waals surface area (Å²) in [6.45, 7) is 2.38. The van der Waals surface area contributed by atoms with E-state index in [2.05, 4.69) is 4.98 Å². The van der Waals surface area contributed by atoms with E-state index >= 15 is 0 Å². The normalized spacial score (nSPS) is 21.3. The smallest absolute Gasteiger partial charge is 0.226 e. The highest BCUT2D eigenvalue weighted by molar-refractivity contribution is 7.91. The number of aromatic nitrogens is 1. The maximum Gasteiger partial charge on any atom is 0.226 e. The van der Waals surface area contributed by atoms with Crippen LogP contribution in [0.5, 0.6) is 0 Å². The summed E-state index contributed by atoms with van der Waals surface area (Å²) in [5.41, 5.74) is 1.91. The molecule has 104 valence electrons. The number of sulfone groups is 1. The topological polar surface area (TPSA) is 67.3 Å². The van der Waals surface area contributed by atoms with Crippen LogP contribution in [-0.2, 0) is 21.2 Å². The molecule has 6 heteroatoms. The Morgan fingerprint density at radius 1 is 1.53 bits per heavy atom. The molecule has 0 unspecified atom stereocenters. The molecule has 0 spiro atoms. The Kier molecular flexibility index (Phi) is 3.89. The minimum absolute atomic E-state index is 0.00839. The third-order valence-corrected chi connectivity index (χ3v) is 5.11. The lowest BCUT2D eigenvalue weighted by Crippen LogP contribution is -2.33. The number of amides is 1. The highest BCUT2D eigenvalue weighted by Crippen LogP contribution is 2.21. The quantitative estimate of drug-likeness (QED) is 0.822. The van der Waals surface area contributed by atoms with Crippen LogP contribution >= 0.6 is 0 Å². The molecule has 1 aliphatic rings. The van der Waals surface area contributed by atoms with Crippen molar-refractivity contribution in [2.24, 2.45) is 5.92 Å². The molecule has 1 aliphatic heterocycles. The fourth-order valence-corrected chi connectivity index (χ4v) is 4.09. The minimum atomic E-state index is -3.01. The van der Waals surface area contributed by atoms with E-state index in [4.69, 9.17) is 0 Å². The SMILES string of the molecule is Cc1cc(CN(C)C(=O)[C@@H]2CCS(=O)(=O)C2)ccn1. The van der Waals surface area contributed by atoms with Gasteiger partial charge in [-0.05, 0) is 31.0 Å². The van der Waals surface area contributed by atoms with Crippen LogP contribution in [0, 0.1) is 12.8 Å². The molecule has 1 amide bonds. The van der Waals surface area contributed by atoms with E-state index in [1.807, 2.05) is 19.1 Å². The molecule has 0 aliphatic carbocycles. The summed E-state index contributed by atoms with van der Waals surface area (Å²) in [5.74, 6) is -0.342. The van der Waals surface area contributed by atoms with E-state index in [9.17, 15) is 13.2 Å². The van der Waals surface area contributed by atoms with E-state index in [1.54, 1.807) is 18.1 Å². The van der Waals surface area contributed by atoms with E-state index in [1.165, 1.54) is 0 Å². The molecule has 0 radical (unpaired) electrons. The molecule has 5 nitrogen and oxygen atoms in total. The zero-order valence-corrected chi connectivity index (χ0v) is 12.0. The molecule has 1 fully saturated rings. The standard InChI is InChI=1S/C13H18N2O3S/c1-10-7-11(3-5-14-10)8-15(2)13(16)12-4-6-19(17,18)9-12/h3,5,7,12H,4,6,8-9H2,1-2H3/t12-/m1/s1. The number of nitrogens with zero attached hydrogens (tertiary/aromatic N) is 2. The summed E-state index contributed by atoms with van der Waals surface area (Å²) in [6, 6.07) is 3.79. The first-order valence-corrected chi connectivity index (χ1v) is 8.06. The van der Waals surface area contributed by atoms with Gasteiger partial charge in [0.25, 0.3) is 0 Å². The number of carbonyl (C=O) groups is 1. The average molecular weight is 282 g/mol. The number of hydrogen-bond donors (Lipinski definition) is 0. The second kappa shape index (κ2) is 5.28. The number of aryl methyl sites for hydroxylation is 1. The van der Waals surface area contributed by atoms with Crippen molar-refractivity contribution in [3.05, 3.63) is 29.6 Å². The first-order valence-electron chi connectivity index (χ1n) is 6.24. The fraction of sp³-hybridized carbons (Fsp3) is 0.538. The van der Waals surface area contributed by atoms with E-state index < -0.39 is 9.84 Å². The first-order chi connectivity index (χ1) is 8.87. The molecule has 1 saturated heterocycles. The van der Waals surface area contributed by atoms with Crippen LogP contribution in [0.2, 0.25) is 0 Å². The Morgan fingerprint density at radius 2 is 2.26 bits per heavy atom. The van der Waals surface area contributed by atoms with Crippen LogP contribution in [0.25, 0.3) is 0 Å². The summed E-state index contributed by atoms with van der Waals surface area (Å²) in [5, 5.41) is 0. The Balaban J connectivity index is 2.00. The Labute approximate surface area is 113 Å². The summed E-state index contributed by atoms with van der Waals surface area (Å²) < 4.78 is 22.8. The first kappa shape index (κ1) is 14.0. The summed E-state index contributed by atoms with van der Waals surface area (Å²) in [6.07, 6.45) is 2.16. The molecule has 0 aromatic carbocycles. The van der Waals surface area contributed by atoms with Gasteiger partial charge in [0.1, 0.15) is 0 Å². The monoisotopic (exact) mass is 282 g/mol. The summed E-state index contributed by atoms with van der Waals surface area (Å²) in [7, 11) is -1.30. The lowest BCUT2D eigenvalue weighted by Gasteiger charge is -2.20. The van der Waals surface area contributed by atoms with Gasteiger partial charge in [-0.1, -0.05) is 0 Å². The lowest BCUT2D eigenvalue weighted by atomic mass is 10.1.